The molecule has 1 aromatic rings. The van der Waals surface area contributed by atoms with Gasteiger partial charge < -0.3 is 11.1 Å². The van der Waals surface area contributed by atoms with E-state index in [1.54, 1.807) is 6.07 Å². The van der Waals surface area contributed by atoms with E-state index < -0.39 is 0 Å². The highest BCUT2D eigenvalue weighted by atomic mass is 35.5. The molecule has 1 amide bonds. The first-order chi connectivity index (χ1) is 8.99. The van der Waals surface area contributed by atoms with Crippen LogP contribution in [0.15, 0.2) is 6.07 Å². The number of aromatic nitrogens is 1. The highest BCUT2D eigenvalue weighted by Crippen LogP contribution is 2.26. The van der Waals surface area contributed by atoms with Gasteiger partial charge in [0.05, 0.1) is 0 Å². The van der Waals surface area contributed by atoms with E-state index in [-0.39, 0.29) is 11.9 Å². The fourth-order valence-corrected chi connectivity index (χ4v) is 2.83. The van der Waals surface area contributed by atoms with Crippen LogP contribution in [0.25, 0.3) is 0 Å². The molecule has 0 aromatic carbocycles. The van der Waals surface area contributed by atoms with Crippen molar-refractivity contribution in [3.8, 4) is 0 Å². The van der Waals surface area contributed by atoms with Gasteiger partial charge in [0.25, 0.3) is 0 Å². The topological polar surface area (TPSA) is 71.2 Å². The van der Waals surface area contributed by atoms with E-state index >= 15 is 0 Å². The van der Waals surface area contributed by atoms with Crippen LogP contribution in [0.2, 0.25) is 10.2 Å². The summed E-state index contributed by atoms with van der Waals surface area (Å²) in [6.45, 7) is 4.37. The fourth-order valence-electron chi connectivity index (χ4n) is 2.18. The lowest BCUT2D eigenvalue weighted by molar-refractivity contribution is -0.124. The van der Waals surface area contributed by atoms with Gasteiger partial charge in [0.1, 0.15) is 11.2 Å². The summed E-state index contributed by atoms with van der Waals surface area (Å²) in [7, 11) is 0. The third kappa shape index (κ3) is 3.36. The molecule has 1 atom stereocenters. The zero-order valence-corrected chi connectivity index (χ0v) is 12.1. The number of primary amides is 1. The summed E-state index contributed by atoms with van der Waals surface area (Å²) in [4.78, 5) is 17.6. The number of halogens is 2. The molecule has 0 radical (unpaired) electrons. The number of pyridine rings is 1. The normalized spacial score (nSPS) is 20.5. The number of nitrogens with two attached hydrogens (primary N) is 1. The average Bonchev–Trinajstić information content (AvgIpc) is 2.34. The van der Waals surface area contributed by atoms with Crippen LogP contribution in [0, 0.1) is 6.92 Å². The molecule has 2 rings (SSSR count). The highest BCUT2D eigenvalue weighted by molar-refractivity contribution is 6.35. The number of nitrogens with zero attached hydrogens (tertiary/aromatic N) is 2. The molecule has 1 aliphatic rings. The summed E-state index contributed by atoms with van der Waals surface area (Å²) >= 11 is 12.3. The van der Waals surface area contributed by atoms with Crippen molar-refractivity contribution in [2.24, 2.45) is 5.73 Å². The SMILES string of the molecule is Cc1cc(Cl)c(CN2CCNCC2C(N)=O)c(Cl)n1. The second kappa shape index (κ2) is 6.05. The lowest BCUT2D eigenvalue weighted by Gasteiger charge is -2.34. The number of rotatable bonds is 3. The maximum Gasteiger partial charge on any atom is 0.236 e. The van der Waals surface area contributed by atoms with Crippen molar-refractivity contribution in [1.82, 2.24) is 15.2 Å². The van der Waals surface area contributed by atoms with Crippen LogP contribution in [0.1, 0.15) is 11.3 Å². The third-order valence-corrected chi connectivity index (χ3v) is 3.84. The Bertz CT molecular complexity index is 472. The molecule has 0 spiro atoms. The van der Waals surface area contributed by atoms with Crippen molar-refractivity contribution in [3.63, 3.8) is 0 Å². The summed E-state index contributed by atoms with van der Waals surface area (Å²) in [5.74, 6) is -0.348. The number of aryl methyl sites for hydroxylation is 1. The molecular formula is C12H16Cl2N4O. The fraction of sp³-hybridized carbons (Fsp3) is 0.500. The predicted molar refractivity (Wildman–Crippen MR) is 75.3 cm³/mol. The number of carbonyl (C=O) groups is 1. The molecule has 2 heterocycles. The summed E-state index contributed by atoms with van der Waals surface area (Å²) in [6, 6.07) is 1.42. The number of piperazine rings is 1. The highest BCUT2D eigenvalue weighted by Gasteiger charge is 2.28. The molecule has 1 aromatic heterocycles. The quantitative estimate of drug-likeness (QED) is 0.816. The second-order valence-corrected chi connectivity index (χ2v) is 5.37. The monoisotopic (exact) mass is 302 g/mol. The zero-order chi connectivity index (χ0) is 14.0. The lowest BCUT2D eigenvalue weighted by atomic mass is 10.1. The molecule has 7 heteroatoms. The van der Waals surface area contributed by atoms with E-state index in [1.165, 1.54) is 0 Å². The van der Waals surface area contributed by atoms with Gasteiger partial charge in [0.2, 0.25) is 5.91 Å². The molecule has 0 aliphatic carbocycles. The Morgan fingerprint density at radius 2 is 2.37 bits per heavy atom. The van der Waals surface area contributed by atoms with Crippen LogP contribution >= 0.6 is 23.2 Å². The van der Waals surface area contributed by atoms with Crippen LogP contribution in [0.5, 0.6) is 0 Å². The van der Waals surface area contributed by atoms with Crippen molar-refractivity contribution in [2.75, 3.05) is 19.6 Å². The van der Waals surface area contributed by atoms with E-state index in [2.05, 4.69) is 10.3 Å². The van der Waals surface area contributed by atoms with Gasteiger partial charge in [-0.25, -0.2) is 4.98 Å². The molecule has 5 nitrogen and oxygen atoms in total. The molecule has 3 N–H and O–H groups in total. The number of nitrogens with one attached hydrogen (secondary N) is 1. The number of amides is 1. The molecule has 1 aliphatic heterocycles. The standard InChI is InChI=1S/C12H16Cl2N4O/c1-7-4-9(13)8(11(14)17-7)6-18-3-2-16-5-10(18)12(15)19/h4,10,16H,2-3,5-6H2,1H3,(H2,15,19). The Balaban J connectivity index is 2.22. The Kier molecular flexibility index (Phi) is 4.62. The van der Waals surface area contributed by atoms with Crippen LogP contribution < -0.4 is 11.1 Å². The second-order valence-electron chi connectivity index (χ2n) is 4.61. The van der Waals surface area contributed by atoms with E-state index in [1.807, 2.05) is 11.8 Å². The lowest BCUT2D eigenvalue weighted by Crippen LogP contribution is -2.56. The Morgan fingerprint density at radius 3 is 3.00 bits per heavy atom. The number of hydrogen-bond donors (Lipinski definition) is 2. The van der Waals surface area contributed by atoms with Crippen molar-refractivity contribution in [1.29, 1.82) is 0 Å². The van der Waals surface area contributed by atoms with Crippen molar-refractivity contribution in [3.05, 3.63) is 27.5 Å². The Morgan fingerprint density at radius 1 is 1.63 bits per heavy atom. The van der Waals surface area contributed by atoms with Gasteiger partial charge in [0, 0.05) is 42.5 Å². The summed E-state index contributed by atoms with van der Waals surface area (Å²) < 4.78 is 0. The van der Waals surface area contributed by atoms with Gasteiger partial charge in [-0.05, 0) is 13.0 Å². The van der Waals surface area contributed by atoms with Gasteiger partial charge in [-0.1, -0.05) is 23.2 Å². The van der Waals surface area contributed by atoms with Crippen LogP contribution in [0.4, 0.5) is 0 Å². The number of hydrogen-bond acceptors (Lipinski definition) is 4. The molecule has 1 fully saturated rings. The minimum Gasteiger partial charge on any atom is -0.368 e. The van der Waals surface area contributed by atoms with E-state index in [9.17, 15) is 4.79 Å². The maximum absolute atomic E-state index is 11.4. The maximum atomic E-state index is 11.4. The summed E-state index contributed by atoms with van der Waals surface area (Å²) in [5.41, 5.74) is 6.92. The zero-order valence-electron chi connectivity index (χ0n) is 10.6. The summed E-state index contributed by atoms with van der Waals surface area (Å²) in [5, 5.41) is 4.10. The molecular weight excluding hydrogens is 287 g/mol. The first kappa shape index (κ1) is 14.5. The minimum atomic E-state index is -0.348. The van der Waals surface area contributed by atoms with Gasteiger partial charge in [-0.15, -0.1) is 0 Å². The van der Waals surface area contributed by atoms with Crippen LogP contribution in [0.3, 0.4) is 0 Å². The molecule has 0 saturated carbocycles. The minimum absolute atomic E-state index is 0.345. The summed E-state index contributed by atoms with van der Waals surface area (Å²) in [6.07, 6.45) is 0. The van der Waals surface area contributed by atoms with Gasteiger partial charge in [-0.3, -0.25) is 9.69 Å². The van der Waals surface area contributed by atoms with Crippen molar-refractivity contribution < 1.29 is 4.79 Å². The van der Waals surface area contributed by atoms with E-state index in [4.69, 9.17) is 28.9 Å². The van der Waals surface area contributed by atoms with Gasteiger partial charge >= 0.3 is 0 Å². The van der Waals surface area contributed by atoms with Gasteiger partial charge in [0.15, 0.2) is 0 Å². The molecule has 1 unspecified atom stereocenters. The number of carbonyl (C=O) groups excluding carboxylic acids is 1. The predicted octanol–water partition coefficient (Wildman–Crippen LogP) is 0.956. The molecule has 1 saturated heterocycles. The third-order valence-electron chi connectivity index (χ3n) is 3.19. The largest absolute Gasteiger partial charge is 0.368 e. The van der Waals surface area contributed by atoms with Crippen molar-refractivity contribution >= 4 is 29.1 Å². The molecule has 0 bridgehead atoms. The smallest absolute Gasteiger partial charge is 0.236 e. The first-order valence-electron chi connectivity index (χ1n) is 6.04. The average molecular weight is 303 g/mol. The van der Waals surface area contributed by atoms with E-state index in [0.717, 1.165) is 17.8 Å². The Labute approximate surface area is 122 Å². The van der Waals surface area contributed by atoms with Crippen LogP contribution in [-0.2, 0) is 11.3 Å². The molecule has 19 heavy (non-hydrogen) atoms. The van der Waals surface area contributed by atoms with Crippen LogP contribution in [-0.4, -0.2) is 41.5 Å². The van der Waals surface area contributed by atoms with E-state index in [0.29, 0.717) is 29.8 Å². The van der Waals surface area contributed by atoms with Gasteiger partial charge in [-0.2, -0.15) is 0 Å². The first-order valence-corrected chi connectivity index (χ1v) is 6.80. The Hall–Kier alpha value is -0.880. The molecule has 104 valence electrons. The van der Waals surface area contributed by atoms with Crippen molar-refractivity contribution in [2.45, 2.75) is 19.5 Å².